The van der Waals surface area contributed by atoms with E-state index in [0.29, 0.717) is 6.61 Å². The van der Waals surface area contributed by atoms with E-state index in [-0.39, 0.29) is 0 Å². The third-order valence-electron chi connectivity index (χ3n) is 2.87. The van der Waals surface area contributed by atoms with E-state index in [1.807, 2.05) is 12.1 Å². The average molecular weight is 293 g/mol. The Bertz CT molecular complexity index is 446. The summed E-state index contributed by atoms with van der Waals surface area (Å²) in [6, 6.07) is 6.19. The highest BCUT2D eigenvalue weighted by Crippen LogP contribution is 2.24. The standard InChI is InChI=1S/C15H17BrO/c1-2-13-10-14(16)8-9-15(13)17-11-12-6-4-3-5-7-12/h4,6-10H,2-3,5,11H2,1H3. The number of hydrogen-bond donors (Lipinski definition) is 0. The van der Waals surface area contributed by atoms with Gasteiger partial charge in [0, 0.05) is 4.47 Å². The van der Waals surface area contributed by atoms with Crippen molar-refractivity contribution < 1.29 is 4.74 Å². The highest BCUT2D eigenvalue weighted by Gasteiger charge is 2.04. The molecule has 0 N–H and O–H groups in total. The molecular formula is C15H17BrO. The molecule has 1 aliphatic carbocycles. The van der Waals surface area contributed by atoms with Crippen LogP contribution in [0.5, 0.6) is 5.75 Å². The van der Waals surface area contributed by atoms with Gasteiger partial charge in [0.25, 0.3) is 0 Å². The maximum absolute atomic E-state index is 5.88. The van der Waals surface area contributed by atoms with Crippen molar-refractivity contribution in [1.82, 2.24) is 0 Å². The quantitative estimate of drug-likeness (QED) is 0.784. The fraction of sp³-hybridized carbons (Fsp3) is 0.333. The molecule has 0 fully saturated rings. The summed E-state index contributed by atoms with van der Waals surface area (Å²) >= 11 is 3.49. The second kappa shape index (κ2) is 6.06. The first kappa shape index (κ1) is 12.4. The van der Waals surface area contributed by atoms with E-state index in [2.05, 4.69) is 47.1 Å². The first-order valence-electron chi connectivity index (χ1n) is 6.06. The molecule has 1 aliphatic rings. The summed E-state index contributed by atoms with van der Waals surface area (Å²) in [7, 11) is 0. The lowest BCUT2D eigenvalue weighted by Crippen LogP contribution is -2.03. The highest BCUT2D eigenvalue weighted by atomic mass is 79.9. The molecule has 17 heavy (non-hydrogen) atoms. The average Bonchev–Trinajstić information content (AvgIpc) is 2.38. The van der Waals surface area contributed by atoms with Crippen LogP contribution in [0.4, 0.5) is 0 Å². The number of hydrogen-bond acceptors (Lipinski definition) is 1. The molecule has 0 spiro atoms. The van der Waals surface area contributed by atoms with Crippen LogP contribution in [0.3, 0.4) is 0 Å². The summed E-state index contributed by atoms with van der Waals surface area (Å²) in [4.78, 5) is 0. The minimum atomic E-state index is 0.672. The smallest absolute Gasteiger partial charge is 0.123 e. The zero-order valence-corrected chi connectivity index (χ0v) is 11.7. The second-order valence-electron chi connectivity index (χ2n) is 4.15. The Hall–Kier alpha value is -1.02. The summed E-state index contributed by atoms with van der Waals surface area (Å²) in [5.41, 5.74) is 2.53. The first-order chi connectivity index (χ1) is 8.29. The van der Waals surface area contributed by atoms with Crippen molar-refractivity contribution in [2.75, 3.05) is 6.61 Å². The van der Waals surface area contributed by atoms with Gasteiger partial charge in [0.2, 0.25) is 0 Å². The monoisotopic (exact) mass is 292 g/mol. The predicted molar refractivity (Wildman–Crippen MR) is 75.5 cm³/mol. The van der Waals surface area contributed by atoms with Crippen LogP contribution in [0.2, 0.25) is 0 Å². The molecule has 0 radical (unpaired) electrons. The third-order valence-corrected chi connectivity index (χ3v) is 3.36. The highest BCUT2D eigenvalue weighted by molar-refractivity contribution is 9.10. The molecule has 1 aromatic carbocycles. The van der Waals surface area contributed by atoms with Gasteiger partial charge in [-0.3, -0.25) is 0 Å². The Labute approximate surface area is 111 Å². The predicted octanol–water partition coefficient (Wildman–Crippen LogP) is 4.67. The molecule has 0 bridgehead atoms. The maximum atomic E-state index is 5.88. The van der Waals surface area contributed by atoms with Gasteiger partial charge < -0.3 is 4.74 Å². The number of allylic oxidation sites excluding steroid dienone is 2. The molecule has 0 saturated heterocycles. The summed E-state index contributed by atoms with van der Waals surface area (Å²) in [5.74, 6) is 0.996. The van der Waals surface area contributed by atoms with Crippen molar-refractivity contribution in [3.8, 4) is 5.75 Å². The van der Waals surface area contributed by atoms with Gasteiger partial charge in [-0.15, -0.1) is 0 Å². The summed E-state index contributed by atoms with van der Waals surface area (Å²) in [5, 5.41) is 0. The largest absolute Gasteiger partial charge is 0.489 e. The Balaban J connectivity index is 2.03. The van der Waals surface area contributed by atoms with Crippen molar-refractivity contribution in [2.24, 2.45) is 0 Å². The maximum Gasteiger partial charge on any atom is 0.123 e. The van der Waals surface area contributed by atoms with E-state index in [1.165, 1.54) is 11.1 Å². The van der Waals surface area contributed by atoms with Gasteiger partial charge in [0.1, 0.15) is 12.4 Å². The van der Waals surface area contributed by atoms with Gasteiger partial charge in [0.05, 0.1) is 0 Å². The lowest BCUT2D eigenvalue weighted by Gasteiger charge is -2.12. The third kappa shape index (κ3) is 3.47. The number of rotatable bonds is 4. The van der Waals surface area contributed by atoms with E-state index in [1.54, 1.807) is 0 Å². The van der Waals surface area contributed by atoms with Crippen molar-refractivity contribution in [3.05, 3.63) is 52.0 Å². The molecule has 0 amide bonds. The van der Waals surface area contributed by atoms with Crippen LogP contribution in [-0.2, 0) is 6.42 Å². The lowest BCUT2D eigenvalue weighted by atomic mass is 10.1. The number of benzene rings is 1. The van der Waals surface area contributed by atoms with Crippen molar-refractivity contribution >= 4 is 15.9 Å². The molecule has 2 rings (SSSR count). The zero-order chi connectivity index (χ0) is 12.1. The van der Waals surface area contributed by atoms with Gasteiger partial charge >= 0.3 is 0 Å². The van der Waals surface area contributed by atoms with Crippen LogP contribution in [0.25, 0.3) is 0 Å². The molecule has 0 saturated carbocycles. The van der Waals surface area contributed by atoms with Gasteiger partial charge in [-0.05, 0) is 48.6 Å². The van der Waals surface area contributed by atoms with E-state index in [0.717, 1.165) is 29.5 Å². The first-order valence-corrected chi connectivity index (χ1v) is 6.85. The van der Waals surface area contributed by atoms with E-state index >= 15 is 0 Å². The van der Waals surface area contributed by atoms with Gasteiger partial charge in [-0.2, -0.15) is 0 Å². The Kier molecular flexibility index (Phi) is 4.43. The molecular weight excluding hydrogens is 276 g/mol. The Morgan fingerprint density at radius 3 is 2.88 bits per heavy atom. The molecule has 2 heteroatoms. The normalized spacial score (nSPS) is 14.6. The molecule has 1 nitrogen and oxygen atoms in total. The fourth-order valence-electron chi connectivity index (χ4n) is 1.90. The minimum absolute atomic E-state index is 0.672. The van der Waals surface area contributed by atoms with Gasteiger partial charge in [-0.25, -0.2) is 0 Å². The molecule has 0 aromatic heterocycles. The van der Waals surface area contributed by atoms with Crippen LogP contribution < -0.4 is 4.74 Å². The second-order valence-corrected chi connectivity index (χ2v) is 5.07. The van der Waals surface area contributed by atoms with Crippen molar-refractivity contribution in [3.63, 3.8) is 0 Å². The molecule has 90 valence electrons. The molecule has 1 aromatic rings. The van der Waals surface area contributed by atoms with Crippen molar-refractivity contribution in [2.45, 2.75) is 26.2 Å². The van der Waals surface area contributed by atoms with E-state index < -0.39 is 0 Å². The van der Waals surface area contributed by atoms with E-state index in [4.69, 9.17) is 4.74 Å². The van der Waals surface area contributed by atoms with Gasteiger partial charge in [0.15, 0.2) is 0 Å². The number of halogens is 1. The summed E-state index contributed by atoms with van der Waals surface area (Å²) in [6.07, 6.45) is 9.90. The zero-order valence-electron chi connectivity index (χ0n) is 10.1. The van der Waals surface area contributed by atoms with Crippen LogP contribution in [0.15, 0.2) is 46.5 Å². The fourth-order valence-corrected chi connectivity index (χ4v) is 2.31. The minimum Gasteiger partial charge on any atom is -0.489 e. The topological polar surface area (TPSA) is 9.23 Å². The molecule has 0 aliphatic heterocycles. The SMILES string of the molecule is CCc1cc(Br)ccc1OCC1=CCCC=C1. The van der Waals surface area contributed by atoms with Crippen molar-refractivity contribution in [1.29, 1.82) is 0 Å². The van der Waals surface area contributed by atoms with Crippen LogP contribution in [-0.4, -0.2) is 6.61 Å². The Morgan fingerprint density at radius 2 is 2.18 bits per heavy atom. The molecule has 0 atom stereocenters. The van der Waals surface area contributed by atoms with Crippen LogP contribution >= 0.6 is 15.9 Å². The van der Waals surface area contributed by atoms with Gasteiger partial charge in [-0.1, -0.05) is 41.1 Å². The molecule has 0 unspecified atom stereocenters. The molecule has 0 heterocycles. The summed E-state index contributed by atoms with van der Waals surface area (Å²) in [6.45, 7) is 2.82. The Morgan fingerprint density at radius 1 is 1.29 bits per heavy atom. The number of ether oxygens (including phenoxy) is 1. The van der Waals surface area contributed by atoms with E-state index in [9.17, 15) is 0 Å². The lowest BCUT2D eigenvalue weighted by molar-refractivity contribution is 0.351. The summed E-state index contributed by atoms with van der Waals surface area (Å²) < 4.78 is 6.99. The number of aryl methyl sites for hydroxylation is 1. The van der Waals surface area contributed by atoms with Crippen LogP contribution in [0.1, 0.15) is 25.3 Å². The van der Waals surface area contributed by atoms with Crippen LogP contribution in [0, 0.1) is 0 Å².